The third-order valence-electron chi connectivity index (χ3n) is 6.46. The lowest BCUT2D eigenvalue weighted by Gasteiger charge is -2.15. The van der Waals surface area contributed by atoms with Gasteiger partial charge in [-0.2, -0.15) is 0 Å². The highest BCUT2D eigenvalue weighted by atomic mass is 35.5. The highest BCUT2D eigenvalue weighted by Crippen LogP contribution is 2.35. The normalized spacial score (nSPS) is 12.1. The van der Waals surface area contributed by atoms with Gasteiger partial charge in [0.25, 0.3) is 0 Å². The SMILES string of the molecule is Cc1c(CC(=O)NC(Cc2ccc(Cl)cc2)C(=O)O)c(=O)oc2cc3occ(-c4ccc(Cl)cc4)c3cc12. The van der Waals surface area contributed by atoms with Crippen LogP contribution in [-0.2, 0) is 22.4 Å². The van der Waals surface area contributed by atoms with Crippen LogP contribution in [0.1, 0.15) is 16.7 Å². The van der Waals surface area contributed by atoms with Gasteiger partial charge in [-0.3, -0.25) is 4.79 Å². The van der Waals surface area contributed by atoms with E-state index in [4.69, 9.17) is 32.0 Å². The molecule has 2 heterocycles. The summed E-state index contributed by atoms with van der Waals surface area (Å²) < 4.78 is 11.2. The van der Waals surface area contributed by atoms with E-state index in [9.17, 15) is 19.5 Å². The fraction of sp³-hybridized carbons (Fsp3) is 0.138. The third kappa shape index (κ3) is 5.16. The van der Waals surface area contributed by atoms with Gasteiger partial charge in [0, 0.05) is 38.9 Å². The van der Waals surface area contributed by atoms with Gasteiger partial charge < -0.3 is 19.3 Å². The monoisotopic (exact) mass is 549 g/mol. The van der Waals surface area contributed by atoms with Crippen LogP contribution < -0.4 is 10.9 Å². The van der Waals surface area contributed by atoms with Crippen LogP contribution >= 0.6 is 23.2 Å². The van der Waals surface area contributed by atoms with Crippen LogP contribution in [0.25, 0.3) is 33.1 Å². The van der Waals surface area contributed by atoms with Crippen molar-refractivity contribution in [2.45, 2.75) is 25.8 Å². The third-order valence-corrected chi connectivity index (χ3v) is 6.96. The molecule has 0 radical (unpaired) electrons. The molecule has 5 aromatic rings. The Labute approximate surface area is 226 Å². The largest absolute Gasteiger partial charge is 0.480 e. The molecule has 9 heteroatoms. The molecule has 3 aromatic carbocycles. The van der Waals surface area contributed by atoms with Gasteiger partial charge >= 0.3 is 11.6 Å². The standard InChI is InChI=1S/C29H21Cl2NO6/c1-15-20-11-22-23(17-4-8-19(31)9-5-17)14-37-25(22)13-26(20)38-29(36)21(15)12-27(33)32-24(28(34)35)10-16-2-6-18(30)7-3-16/h2-9,11,13-14,24H,10,12H2,1H3,(H,32,33)(H,34,35). The van der Waals surface area contributed by atoms with E-state index in [0.717, 1.165) is 16.5 Å². The molecule has 0 fully saturated rings. The number of halogens is 2. The zero-order chi connectivity index (χ0) is 27.0. The van der Waals surface area contributed by atoms with Gasteiger partial charge in [0.1, 0.15) is 17.2 Å². The second kappa shape index (κ2) is 10.4. The first-order valence-electron chi connectivity index (χ1n) is 11.7. The molecule has 2 aromatic heterocycles. The molecular formula is C29H21Cl2NO6. The Morgan fingerprint density at radius 1 is 0.947 bits per heavy atom. The summed E-state index contributed by atoms with van der Waals surface area (Å²) in [5.74, 6) is -1.79. The van der Waals surface area contributed by atoms with Crippen molar-refractivity contribution in [3.05, 3.63) is 104 Å². The summed E-state index contributed by atoms with van der Waals surface area (Å²) in [6.07, 6.45) is 1.36. The summed E-state index contributed by atoms with van der Waals surface area (Å²) in [5, 5.41) is 14.7. The van der Waals surface area contributed by atoms with E-state index in [2.05, 4.69) is 5.32 Å². The average Bonchev–Trinajstić information content (AvgIpc) is 3.29. The second-order valence-electron chi connectivity index (χ2n) is 8.96. The van der Waals surface area contributed by atoms with E-state index in [1.807, 2.05) is 18.2 Å². The minimum Gasteiger partial charge on any atom is -0.480 e. The molecule has 0 saturated heterocycles. The number of carbonyl (C=O) groups excluding carboxylic acids is 1. The fourth-order valence-electron chi connectivity index (χ4n) is 4.43. The van der Waals surface area contributed by atoms with Gasteiger partial charge in [0.05, 0.1) is 18.2 Å². The van der Waals surface area contributed by atoms with Gasteiger partial charge in [-0.05, 0) is 53.9 Å². The minimum atomic E-state index is -1.19. The lowest BCUT2D eigenvalue weighted by molar-refractivity contribution is -0.141. The van der Waals surface area contributed by atoms with Crippen molar-refractivity contribution >= 4 is 57.0 Å². The van der Waals surface area contributed by atoms with Gasteiger partial charge in [0.2, 0.25) is 5.91 Å². The maximum absolute atomic E-state index is 12.8. The molecule has 38 heavy (non-hydrogen) atoms. The maximum Gasteiger partial charge on any atom is 0.340 e. The van der Waals surface area contributed by atoms with Crippen molar-refractivity contribution < 1.29 is 23.5 Å². The van der Waals surface area contributed by atoms with Crippen LogP contribution in [0, 0.1) is 6.92 Å². The number of benzene rings is 3. The van der Waals surface area contributed by atoms with Crippen LogP contribution in [0.5, 0.6) is 0 Å². The van der Waals surface area contributed by atoms with Crippen LogP contribution in [-0.4, -0.2) is 23.0 Å². The second-order valence-corrected chi connectivity index (χ2v) is 9.83. The first-order chi connectivity index (χ1) is 18.2. The molecule has 1 amide bonds. The van der Waals surface area contributed by atoms with Gasteiger partial charge in [0.15, 0.2) is 0 Å². The van der Waals surface area contributed by atoms with E-state index in [1.165, 1.54) is 0 Å². The van der Waals surface area contributed by atoms with Crippen molar-refractivity contribution in [3.63, 3.8) is 0 Å². The number of fused-ring (bicyclic) bond motifs is 2. The number of carboxylic acids is 1. The van der Waals surface area contributed by atoms with Crippen molar-refractivity contribution in [2.24, 2.45) is 0 Å². The number of furan rings is 1. The summed E-state index contributed by atoms with van der Waals surface area (Å²) in [4.78, 5) is 37.5. The zero-order valence-corrected chi connectivity index (χ0v) is 21.6. The van der Waals surface area contributed by atoms with Gasteiger partial charge in [-0.25, -0.2) is 9.59 Å². The lowest BCUT2D eigenvalue weighted by atomic mass is 9.99. The number of carboxylic acid groups (broad SMARTS) is 1. The number of carbonyl (C=O) groups is 2. The summed E-state index contributed by atoms with van der Waals surface area (Å²) in [5.41, 5.74) is 3.37. The number of hydrogen-bond acceptors (Lipinski definition) is 5. The summed E-state index contributed by atoms with van der Waals surface area (Å²) >= 11 is 11.9. The molecule has 0 aliphatic rings. The molecule has 192 valence electrons. The molecule has 0 bridgehead atoms. The Morgan fingerprint density at radius 2 is 1.61 bits per heavy atom. The van der Waals surface area contributed by atoms with Crippen molar-refractivity contribution in [3.8, 4) is 11.1 Å². The highest BCUT2D eigenvalue weighted by molar-refractivity contribution is 6.30. The smallest absolute Gasteiger partial charge is 0.340 e. The predicted molar refractivity (Wildman–Crippen MR) is 146 cm³/mol. The van der Waals surface area contributed by atoms with E-state index >= 15 is 0 Å². The molecule has 0 aliphatic carbocycles. The van der Waals surface area contributed by atoms with Crippen molar-refractivity contribution in [2.75, 3.05) is 0 Å². The Morgan fingerprint density at radius 3 is 2.26 bits per heavy atom. The van der Waals surface area contributed by atoms with E-state index in [-0.39, 0.29) is 18.4 Å². The topological polar surface area (TPSA) is 110 Å². The quantitative estimate of drug-likeness (QED) is 0.235. The van der Waals surface area contributed by atoms with Crippen LogP contribution in [0.15, 0.2) is 80.6 Å². The molecular weight excluding hydrogens is 529 g/mol. The van der Waals surface area contributed by atoms with E-state index in [0.29, 0.717) is 37.7 Å². The maximum atomic E-state index is 12.8. The van der Waals surface area contributed by atoms with Gasteiger partial charge in [-0.1, -0.05) is 47.5 Å². The van der Waals surface area contributed by atoms with Crippen molar-refractivity contribution in [1.82, 2.24) is 5.32 Å². The Bertz CT molecular complexity index is 1740. The molecule has 1 atom stereocenters. The first-order valence-corrected chi connectivity index (χ1v) is 12.5. The molecule has 0 spiro atoms. The Balaban J connectivity index is 1.45. The molecule has 0 aliphatic heterocycles. The molecule has 7 nitrogen and oxygen atoms in total. The fourth-order valence-corrected chi connectivity index (χ4v) is 4.68. The van der Waals surface area contributed by atoms with Crippen LogP contribution in [0.4, 0.5) is 0 Å². The Hall–Kier alpha value is -4.07. The number of hydrogen-bond donors (Lipinski definition) is 2. The number of nitrogens with one attached hydrogen (secondary N) is 1. The predicted octanol–water partition coefficient (Wildman–Crippen LogP) is 6.18. The highest BCUT2D eigenvalue weighted by Gasteiger charge is 2.23. The van der Waals surface area contributed by atoms with Crippen molar-refractivity contribution in [1.29, 1.82) is 0 Å². The number of aliphatic carboxylic acids is 1. The number of amides is 1. The average molecular weight is 550 g/mol. The minimum absolute atomic E-state index is 0.0650. The summed E-state index contributed by atoms with van der Waals surface area (Å²) in [6.45, 7) is 1.73. The lowest BCUT2D eigenvalue weighted by Crippen LogP contribution is -2.43. The molecule has 0 saturated carbocycles. The van der Waals surface area contributed by atoms with Gasteiger partial charge in [-0.15, -0.1) is 0 Å². The van der Waals surface area contributed by atoms with E-state index in [1.54, 1.807) is 55.7 Å². The van der Waals surface area contributed by atoms with E-state index < -0.39 is 23.5 Å². The number of rotatable bonds is 7. The molecule has 5 rings (SSSR count). The van der Waals surface area contributed by atoms with Crippen LogP contribution in [0.3, 0.4) is 0 Å². The summed E-state index contributed by atoms with van der Waals surface area (Å²) in [7, 11) is 0. The van der Waals surface area contributed by atoms with Crippen LogP contribution in [0.2, 0.25) is 10.0 Å². The molecule has 1 unspecified atom stereocenters. The Kier molecular flexibility index (Phi) is 6.97. The zero-order valence-electron chi connectivity index (χ0n) is 20.1. The number of aryl methyl sites for hydroxylation is 1. The first kappa shape index (κ1) is 25.6. The molecule has 2 N–H and O–H groups in total. The summed E-state index contributed by atoms with van der Waals surface area (Å²) in [6, 6.07) is 16.4.